The first-order valence-corrected chi connectivity index (χ1v) is 9.90. The molecule has 0 radical (unpaired) electrons. The maximum absolute atomic E-state index is 12.7. The summed E-state index contributed by atoms with van der Waals surface area (Å²) in [6, 6.07) is 14.8. The highest BCUT2D eigenvalue weighted by Crippen LogP contribution is 2.16. The van der Waals surface area contributed by atoms with Gasteiger partial charge in [-0.3, -0.25) is 9.59 Å². The number of methoxy groups -OCH3 is 1. The number of amides is 2. The second kappa shape index (κ2) is 9.60. The highest BCUT2D eigenvalue weighted by Gasteiger charge is 2.22. The molecule has 0 aromatic heterocycles. The summed E-state index contributed by atoms with van der Waals surface area (Å²) in [7, 11) is 1.64. The van der Waals surface area contributed by atoms with E-state index in [2.05, 4.69) is 0 Å². The van der Waals surface area contributed by atoms with Crippen LogP contribution in [0.25, 0.3) is 0 Å². The van der Waals surface area contributed by atoms with Gasteiger partial charge in [0.15, 0.2) is 0 Å². The van der Waals surface area contributed by atoms with E-state index in [9.17, 15) is 9.59 Å². The Morgan fingerprint density at radius 3 is 2.43 bits per heavy atom. The first kappa shape index (κ1) is 20.2. The molecule has 148 valence electrons. The largest absolute Gasteiger partial charge is 0.497 e. The fraction of sp³-hybridized carbons (Fsp3) is 0.364. The van der Waals surface area contributed by atoms with Crippen molar-refractivity contribution >= 4 is 23.4 Å². The molecule has 0 spiro atoms. The highest BCUT2D eigenvalue weighted by molar-refractivity contribution is 6.30. The molecule has 5 nitrogen and oxygen atoms in total. The van der Waals surface area contributed by atoms with E-state index in [4.69, 9.17) is 16.3 Å². The summed E-state index contributed by atoms with van der Waals surface area (Å²) in [5.41, 5.74) is 1.70. The zero-order chi connectivity index (χ0) is 19.9. The molecule has 2 amide bonds. The van der Waals surface area contributed by atoms with Gasteiger partial charge in [-0.2, -0.15) is 0 Å². The van der Waals surface area contributed by atoms with Crippen LogP contribution in [0.3, 0.4) is 0 Å². The zero-order valence-electron chi connectivity index (χ0n) is 16.1. The minimum Gasteiger partial charge on any atom is -0.497 e. The molecule has 1 aliphatic heterocycles. The van der Waals surface area contributed by atoms with Crippen LogP contribution in [-0.4, -0.2) is 54.9 Å². The number of hydrogen-bond donors (Lipinski definition) is 0. The maximum Gasteiger partial charge on any atom is 0.253 e. The molecular weight excluding hydrogens is 376 g/mol. The average Bonchev–Trinajstić information content (AvgIpc) is 2.98. The summed E-state index contributed by atoms with van der Waals surface area (Å²) < 4.78 is 5.16. The van der Waals surface area contributed by atoms with E-state index in [1.807, 2.05) is 34.1 Å². The molecule has 0 atom stereocenters. The van der Waals surface area contributed by atoms with Gasteiger partial charge in [-0.25, -0.2) is 0 Å². The van der Waals surface area contributed by atoms with Crippen molar-refractivity contribution < 1.29 is 14.3 Å². The predicted octanol–water partition coefficient (Wildman–Crippen LogP) is 3.66. The Bertz CT molecular complexity index is 823. The molecule has 2 aromatic rings. The van der Waals surface area contributed by atoms with Gasteiger partial charge >= 0.3 is 0 Å². The van der Waals surface area contributed by atoms with Gasteiger partial charge in [0, 0.05) is 43.2 Å². The predicted molar refractivity (Wildman–Crippen MR) is 110 cm³/mol. The number of nitrogens with zero attached hydrogens (tertiary/aromatic N) is 2. The lowest BCUT2D eigenvalue weighted by molar-refractivity contribution is -0.131. The molecular formula is C22H25ClN2O3. The molecule has 1 aliphatic rings. The SMILES string of the molecule is COc1ccc(CCC(=O)N2CCCN(C(=O)c3cccc(Cl)c3)CC2)cc1. The van der Waals surface area contributed by atoms with Gasteiger partial charge in [0.05, 0.1) is 7.11 Å². The van der Waals surface area contributed by atoms with Gasteiger partial charge in [0.25, 0.3) is 5.91 Å². The van der Waals surface area contributed by atoms with Crippen molar-refractivity contribution in [2.45, 2.75) is 19.3 Å². The van der Waals surface area contributed by atoms with Crippen molar-refractivity contribution in [1.82, 2.24) is 9.80 Å². The molecule has 0 N–H and O–H groups in total. The zero-order valence-corrected chi connectivity index (χ0v) is 16.8. The van der Waals surface area contributed by atoms with Crippen LogP contribution in [0.15, 0.2) is 48.5 Å². The lowest BCUT2D eigenvalue weighted by atomic mass is 10.1. The molecule has 3 rings (SSSR count). The Kier molecular flexibility index (Phi) is 6.93. The topological polar surface area (TPSA) is 49.9 Å². The number of benzene rings is 2. The summed E-state index contributed by atoms with van der Waals surface area (Å²) in [6.07, 6.45) is 1.94. The Balaban J connectivity index is 1.52. The number of aryl methyl sites for hydroxylation is 1. The third kappa shape index (κ3) is 5.26. The second-order valence-corrected chi connectivity index (χ2v) is 7.32. The van der Waals surface area contributed by atoms with Crippen molar-refractivity contribution in [3.05, 3.63) is 64.7 Å². The van der Waals surface area contributed by atoms with Crippen LogP contribution in [-0.2, 0) is 11.2 Å². The number of halogens is 1. The Morgan fingerprint density at radius 2 is 1.71 bits per heavy atom. The fourth-order valence-corrected chi connectivity index (χ4v) is 3.57. The van der Waals surface area contributed by atoms with E-state index >= 15 is 0 Å². The second-order valence-electron chi connectivity index (χ2n) is 6.88. The Morgan fingerprint density at radius 1 is 1.00 bits per heavy atom. The number of hydrogen-bond acceptors (Lipinski definition) is 3. The quantitative estimate of drug-likeness (QED) is 0.769. The molecule has 6 heteroatoms. The molecule has 1 fully saturated rings. The van der Waals surface area contributed by atoms with Crippen LogP contribution in [0.5, 0.6) is 5.75 Å². The van der Waals surface area contributed by atoms with Crippen molar-refractivity contribution in [2.75, 3.05) is 33.3 Å². The third-order valence-corrected chi connectivity index (χ3v) is 5.23. The average molecular weight is 401 g/mol. The van der Waals surface area contributed by atoms with E-state index in [1.165, 1.54) is 0 Å². The first-order valence-electron chi connectivity index (χ1n) is 9.52. The summed E-state index contributed by atoms with van der Waals surface area (Å²) in [5.74, 6) is 0.912. The standard InChI is InChI=1S/C22H25ClN2O3/c1-28-20-9-6-17(7-10-20)8-11-21(26)24-12-3-13-25(15-14-24)22(27)18-4-2-5-19(23)16-18/h2,4-7,9-10,16H,3,8,11-15H2,1H3. The highest BCUT2D eigenvalue weighted by atomic mass is 35.5. The van der Waals surface area contributed by atoms with Crippen LogP contribution < -0.4 is 4.74 Å². The Hall–Kier alpha value is -2.53. The third-order valence-electron chi connectivity index (χ3n) is 4.99. The molecule has 2 aromatic carbocycles. The maximum atomic E-state index is 12.7. The summed E-state index contributed by atoms with van der Waals surface area (Å²) in [4.78, 5) is 29.0. The van der Waals surface area contributed by atoms with Crippen molar-refractivity contribution in [1.29, 1.82) is 0 Å². The fourth-order valence-electron chi connectivity index (χ4n) is 3.38. The van der Waals surface area contributed by atoms with E-state index < -0.39 is 0 Å². The van der Waals surface area contributed by atoms with Gasteiger partial charge in [0.2, 0.25) is 5.91 Å². The van der Waals surface area contributed by atoms with Gasteiger partial charge in [-0.1, -0.05) is 29.8 Å². The number of ether oxygens (including phenoxy) is 1. The monoisotopic (exact) mass is 400 g/mol. The van der Waals surface area contributed by atoms with E-state index in [0.29, 0.717) is 49.6 Å². The van der Waals surface area contributed by atoms with Gasteiger partial charge in [-0.15, -0.1) is 0 Å². The molecule has 1 heterocycles. The lowest BCUT2D eigenvalue weighted by Crippen LogP contribution is -2.37. The van der Waals surface area contributed by atoms with Gasteiger partial charge < -0.3 is 14.5 Å². The molecule has 28 heavy (non-hydrogen) atoms. The van der Waals surface area contributed by atoms with Gasteiger partial charge in [-0.05, 0) is 48.7 Å². The number of carbonyl (C=O) groups excluding carboxylic acids is 2. The lowest BCUT2D eigenvalue weighted by Gasteiger charge is -2.22. The summed E-state index contributed by atoms with van der Waals surface area (Å²) in [6.45, 7) is 2.43. The van der Waals surface area contributed by atoms with Crippen LogP contribution in [0.2, 0.25) is 5.02 Å². The van der Waals surface area contributed by atoms with Crippen LogP contribution in [0, 0.1) is 0 Å². The minimum atomic E-state index is -0.0324. The molecule has 0 unspecified atom stereocenters. The molecule has 0 bridgehead atoms. The number of rotatable bonds is 5. The normalized spacial score (nSPS) is 14.5. The van der Waals surface area contributed by atoms with E-state index in [0.717, 1.165) is 17.7 Å². The van der Waals surface area contributed by atoms with Crippen molar-refractivity contribution in [2.24, 2.45) is 0 Å². The smallest absolute Gasteiger partial charge is 0.253 e. The van der Waals surface area contributed by atoms with Crippen LogP contribution >= 0.6 is 11.6 Å². The van der Waals surface area contributed by atoms with Crippen molar-refractivity contribution in [3.8, 4) is 5.75 Å². The van der Waals surface area contributed by atoms with E-state index in [-0.39, 0.29) is 11.8 Å². The molecule has 0 aliphatic carbocycles. The summed E-state index contributed by atoms with van der Waals surface area (Å²) in [5, 5.41) is 0.552. The summed E-state index contributed by atoms with van der Waals surface area (Å²) >= 11 is 6.00. The van der Waals surface area contributed by atoms with Crippen LogP contribution in [0.4, 0.5) is 0 Å². The molecule has 1 saturated heterocycles. The molecule has 0 saturated carbocycles. The van der Waals surface area contributed by atoms with Crippen LogP contribution in [0.1, 0.15) is 28.8 Å². The van der Waals surface area contributed by atoms with E-state index in [1.54, 1.807) is 31.4 Å². The Labute approximate surface area is 170 Å². The number of carbonyl (C=O) groups is 2. The van der Waals surface area contributed by atoms with Crippen molar-refractivity contribution in [3.63, 3.8) is 0 Å². The first-order chi connectivity index (χ1) is 13.6. The van der Waals surface area contributed by atoms with Gasteiger partial charge in [0.1, 0.15) is 5.75 Å². The minimum absolute atomic E-state index is 0.0324.